The molecule has 3 rings (SSSR count). The van der Waals surface area contributed by atoms with E-state index >= 15 is 0 Å². The molecule has 1 saturated heterocycles. The van der Waals surface area contributed by atoms with E-state index in [-0.39, 0.29) is 18.4 Å². The molecule has 0 amide bonds. The smallest absolute Gasteiger partial charge is 0.309 e. The Bertz CT molecular complexity index is 711. The molecule has 0 radical (unpaired) electrons. The van der Waals surface area contributed by atoms with Crippen molar-refractivity contribution in [2.24, 2.45) is 5.92 Å². The first-order valence-electron chi connectivity index (χ1n) is 9.01. The van der Waals surface area contributed by atoms with Gasteiger partial charge in [0.15, 0.2) is 0 Å². The standard InChI is InChI=1S/C18H24FN5O2/c1-2-26-18(25)16-7-10-23(11-8-16)13-14-3-5-15(6-4-14)17-20-22-24(21-17)12-9-19/h3-6,16H,2,7-13H2,1H3. The lowest BCUT2D eigenvalue weighted by molar-refractivity contribution is -0.149. The number of likely N-dealkylation sites (tertiary alicyclic amines) is 1. The second kappa shape index (κ2) is 8.84. The molecule has 0 spiro atoms. The number of aryl methyl sites for hydroxylation is 1. The average Bonchev–Trinajstić information content (AvgIpc) is 3.12. The van der Waals surface area contributed by atoms with E-state index in [0.717, 1.165) is 38.0 Å². The van der Waals surface area contributed by atoms with Gasteiger partial charge in [-0.3, -0.25) is 9.69 Å². The minimum atomic E-state index is -0.512. The molecule has 1 fully saturated rings. The van der Waals surface area contributed by atoms with Crippen LogP contribution in [-0.2, 0) is 22.6 Å². The number of hydrogen-bond donors (Lipinski definition) is 0. The summed E-state index contributed by atoms with van der Waals surface area (Å²) in [5, 5.41) is 11.9. The second-order valence-electron chi connectivity index (χ2n) is 6.40. The van der Waals surface area contributed by atoms with E-state index in [9.17, 15) is 9.18 Å². The highest BCUT2D eigenvalue weighted by molar-refractivity contribution is 5.72. The van der Waals surface area contributed by atoms with E-state index in [2.05, 4.69) is 20.3 Å². The Labute approximate surface area is 152 Å². The van der Waals surface area contributed by atoms with Gasteiger partial charge in [0.2, 0.25) is 5.82 Å². The van der Waals surface area contributed by atoms with Gasteiger partial charge in [-0.1, -0.05) is 24.3 Å². The molecule has 2 heterocycles. The van der Waals surface area contributed by atoms with Crippen LogP contribution in [0.2, 0.25) is 0 Å². The quantitative estimate of drug-likeness (QED) is 0.703. The number of alkyl halides is 1. The largest absolute Gasteiger partial charge is 0.466 e. The third-order valence-corrected chi connectivity index (χ3v) is 4.56. The van der Waals surface area contributed by atoms with Crippen LogP contribution in [0, 0.1) is 5.92 Å². The van der Waals surface area contributed by atoms with Crippen LogP contribution in [0.25, 0.3) is 11.4 Å². The predicted molar refractivity (Wildman–Crippen MR) is 93.9 cm³/mol. The van der Waals surface area contributed by atoms with Crippen molar-refractivity contribution < 1.29 is 13.9 Å². The van der Waals surface area contributed by atoms with E-state index < -0.39 is 6.67 Å². The lowest BCUT2D eigenvalue weighted by Gasteiger charge is -2.30. The molecule has 0 atom stereocenters. The Hall–Kier alpha value is -2.35. The molecule has 1 aromatic carbocycles. The molecule has 8 heteroatoms. The normalized spacial score (nSPS) is 15.9. The van der Waals surface area contributed by atoms with Crippen molar-refractivity contribution in [1.29, 1.82) is 0 Å². The van der Waals surface area contributed by atoms with E-state index in [1.165, 1.54) is 10.4 Å². The maximum absolute atomic E-state index is 12.3. The van der Waals surface area contributed by atoms with Crippen molar-refractivity contribution in [2.45, 2.75) is 32.9 Å². The maximum Gasteiger partial charge on any atom is 0.309 e. The summed E-state index contributed by atoms with van der Waals surface area (Å²) in [5.74, 6) is 0.469. The fraction of sp³-hybridized carbons (Fsp3) is 0.556. The number of aromatic nitrogens is 4. The molecule has 140 valence electrons. The first-order valence-corrected chi connectivity index (χ1v) is 9.01. The zero-order chi connectivity index (χ0) is 18.4. The lowest BCUT2D eigenvalue weighted by atomic mass is 9.96. The Morgan fingerprint density at radius 2 is 2.00 bits per heavy atom. The molecule has 0 aliphatic carbocycles. The fourth-order valence-electron chi connectivity index (χ4n) is 3.13. The Morgan fingerprint density at radius 1 is 1.27 bits per heavy atom. The van der Waals surface area contributed by atoms with Crippen molar-refractivity contribution in [3.8, 4) is 11.4 Å². The van der Waals surface area contributed by atoms with Gasteiger partial charge in [0.05, 0.1) is 19.1 Å². The van der Waals surface area contributed by atoms with E-state index in [1.807, 2.05) is 31.2 Å². The average molecular weight is 361 g/mol. The van der Waals surface area contributed by atoms with Crippen molar-refractivity contribution in [2.75, 3.05) is 26.4 Å². The van der Waals surface area contributed by atoms with Crippen LogP contribution in [0.5, 0.6) is 0 Å². The van der Waals surface area contributed by atoms with Crippen molar-refractivity contribution in [3.05, 3.63) is 29.8 Å². The third kappa shape index (κ3) is 4.63. The van der Waals surface area contributed by atoms with Gasteiger partial charge in [0.25, 0.3) is 0 Å². The van der Waals surface area contributed by atoms with Gasteiger partial charge in [0.1, 0.15) is 6.67 Å². The van der Waals surface area contributed by atoms with Crippen LogP contribution < -0.4 is 0 Å². The topological polar surface area (TPSA) is 73.1 Å². The molecule has 0 bridgehead atoms. The van der Waals surface area contributed by atoms with Gasteiger partial charge in [0, 0.05) is 12.1 Å². The number of benzene rings is 1. The molecule has 1 aliphatic heterocycles. The van der Waals surface area contributed by atoms with Crippen LogP contribution in [0.1, 0.15) is 25.3 Å². The highest BCUT2D eigenvalue weighted by atomic mass is 19.1. The number of piperidine rings is 1. The minimum absolute atomic E-state index is 0.0339. The molecular weight excluding hydrogens is 337 g/mol. The first-order chi connectivity index (χ1) is 12.7. The van der Waals surface area contributed by atoms with Gasteiger partial charge < -0.3 is 4.74 Å². The number of rotatable bonds is 7. The molecule has 7 nitrogen and oxygen atoms in total. The molecule has 0 unspecified atom stereocenters. The summed E-state index contributed by atoms with van der Waals surface area (Å²) in [6.07, 6.45) is 1.69. The number of nitrogens with zero attached hydrogens (tertiary/aromatic N) is 5. The summed E-state index contributed by atoms with van der Waals surface area (Å²) < 4.78 is 17.4. The van der Waals surface area contributed by atoms with Gasteiger partial charge >= 0.3 is 5.97 Å². The van der Waals surface area contributed by atoms with E-state index in [1.54, 1.807) is 0 Å². The highest BCUT2D eigenvalue weighted by Gasteiger charge is 2.25. The summed E-state index contributed by atoms with van der Waals surface area (Å²) in [6, 6.07) is 8.00. The van der Waals surface area contributed by atoms with Crippen molar-refractivity contribution in [3.63, 3.8) is 0 Å². The number of halogens is 1. The number of carbonyl (C=O) groups is 1. The zero-order valence-electron chi connectivity index (χ0n) is 15.0. The van der Waals surface area contributed by atoms with Crippen molar-refractivity contribution >= 4 is 5.97 Å². The maximum atomic E-state index is 12.3. The SMILES string of the molecule is CCOC(=O)C1CCN(Cc2ccc(-c3nnn(CCF)n3)cc2)CC1. The molecule has 2 aromatic rings. The zero-order valence-corrected chi connectivity index (χ0v) is 15.0. The third-order valence-electron chi connectivity index (χ3n) is 4.56. The monoisotopic (exact) mass is 361 g/mol. The number of ether oxygens (including phenoxy) is 1. The summed E-state index contributed by atoms with van der Waals surface area (Å²) in [5.41, 5.74) is 2.05. The number of tetrazole rings is 1. The molecule has 0 N–H and O–H groups in total. The number of esters is 1. The number of carbonyl (C=O) groups excluding carboxylic acids is 1. The van der Waals surface area contributed by atoms with Gasteiger partial charge in [-0.05, 0) is 43.6 Å². The summed E-state index contributed by atoms with van der Waals surface area (Å²) in [7, 11) is 0. The predicted octanol–water partition coefficient (Wildman–Crippen LogP) is 2.08. The summed E-state index contributed by atoms with van der Waals surface area (Å²) in [4.78, 5) is 15.4. The van der Waals surface area contributed by atoms with Crippen LogP contribution in [0.15, 0.2) is 24.3 Å². The van der Waals surface area contributed by atoms with Crippen LogP contribution >= 0.6 is 0 Å². The van der Waals surface area contributed by atoms with E-state index in [4.69, 9.17) is 4.74 Å². The fourth-order valence-corrected chi connectivity index (χ4v) is 3.13. The second-order valence-corrected chi connectivity index (χ2v) is 6.40. The molecule has 1 aromatic heterocycles. The summed E-state index contributed by atoms with van der Waals surface area (Å²) in [6.45, 7) is 4.52. The first kappa shape index (κ1) is 18.4. The molecular formula is C18H24FN5O2. The van der Waals surface area contributed by atoms with Crippen LogP contribution in [0.3, 0.4) is 0 Å². The Balaban J connectivity index is 1.52. The van der Waals surface area contributed by atoms with Crippen molar-refractivity contribution in [1.82, 2.24) is 25.1 Å². The van der Waals surface area contributed by atoms with Gasteiger partial charge in [-0.25, -0.2) is 4.39 Å². The highest BCUT2D eigenvalue weighted by Crippen LogP contribution is 2.21. The molecule has 1 aliphatic rings. The lowest BCUT2D eigenvalue weighted by Crippen LogP contribution is -2.36. The van der Waals surface area contributed by atoms with Gasteiger partial charge in [-0.2, -0.15) is 4.80 Å². The Morgan fingerprint density at radius 3 is 2.65 bits per heavy atom. The molecule has 0 saturated carbocycles. The number of hydrogen-bond acceptors (Lipinski definition) is 6. The van der Waals surface area contributed by atoms with Gasteiger partial charge in [-0.15, -0.1) is 10.2 Å². The molecule has 26 heavy (non-hydrogen) atoms. The Kier molecular flexibility index (Phi) is 6.27. The summed E-state index contributed by atoms with van der Waals surface area (Å²) >= 11 is 0. The van der Waals surface area contributed by atoms with Crippen LogP contribution in [0.4, 0.5) is 4.39 Å². The van der Waals surface area contributed by atoms with E-state index in [0.29, 0.717) is 12.4 Å². The van der Waals surface area contributed by atoms with Crippen LogP contribution in [-0.4, -0.2) is 57.4 Å². The minimum Gasteiger partial charge on any atom is -0.466 e.